The number of ether oxygens (including phenoxy) is 1. The van der Waals surface area contributed by atoms with Crippen LogP contribution < -0.4 is 4.90 Å². The number of aromatic nitrogens is 2. The third-order valence-electron chi connectivity index (χ3n) is 8.31. The molecular weight excluding hydrogens is 562 g/mol. The minimum Gasteiger partial charge on any atom is -0.478 e. The summed E-state index contributed by atoms with van der Waals surface area (Å²) in [6, 6.07) is 8.04. The second-order valence-electron chi connectivity index (χ2n) is 11.0. The van der Waals surface area contributed by atoms with Gasteiger partial charge in [0.15, 0.2) is 10.9 Å². The lowest BCUT2D eigenvalue weighted by Crippen LogP contribution is -2.45. The maximum atomic E-state index is 14.6. The Morgan fingerprint density at radius 2 is 1.85 bits per heavy atom. The van der Waals surface area contributed by atoms with Crippen molar-refractivity contribution in [3.05, 3.63) is 64.7 Å². The van der Waals surface area contributed by atoms with Crippen LogP contribution in [0.2, 0.25) is 0 Å². The molecule has 2 saturated heterocycles. The SMILES string of the molecule is O=C(O)c1cc(F)c2nc(N3C4CC[C@H]3CC(OCc3c(-c5ccccc5C(F)(F)F)noc3C3CC3)C4)sc2c1. The molecule has 7 rings (SSSR count). The molecule has 3 fully saturated rings. The van der Waals surface area contributed by atoms with Crippen LogP contribution in [0.4, 0.5) is 22.7 Å². The van der Waals surface area contributed by atoms with E-state index in [0.717, 1.165) is 37.8 Å². The summed E-state index contributed by atoms with van der Waals surface area (Å²) in [6.45, 7) is 0.102. The van der Waals surface area contributed by atoms with E-state index < -0.39 is 23.5 Å². The van der Waals surface area contributed by atoms with Gasteiger partial charge in [0.1, 0.15) is 17.0 Å². The van der Waals surface area contributed by atoms with Gasteiger partial charge in [-0.25, -0.2) is 14.2 Å². The molecule has 4 aromatic rings. The molecule has 3 atom stereocenters. The number of benzene rings is 2. The van der Waals surface area contributed by atoms with Crippen molar-refractivity contribution in [1.82, 2.24) is 10.1 Å². The molecule has 2 aromatic carbocycles. The van der Waals surface area contributed by atoms with E-state index in [4.69, 9.17) is 9.26 Å². The Labute approximate surface area is 235 Å². The number of nitrogens with zero attached hydrogens (tertiary/aromatic N) is 3. The molecule has 12 heteroatoms. The summed E-state index contributed by atoms with van der Waals surface area (Å²) in [5.74, 6) is -1.10. The van der Waals surface area contributed by atoms with Gasteiger partial charge >= 0.3 is 12.1 Å². The minimum atomic E-state index is -4.53. The summed E-state index contributed by atoms with van der Waals surface area (Å²) in [4.78, 5) is 18.1. The topological polar surface area (TPSA) is 88.7 Å². The number of hydrogen-bond acceptors (Lipinski definition) is 7. The minimum absolute atomic E-state index is 0.0155. The van der Waals surface area contributed by atoms with Gasteiger partial charge in [-0.1, -0.05) is 34.7 Å². The molecule has 0 spiro atoms. The Bertz CT molecular complexity index is 1630. The number of piperidine rings is 1. The third-order valence-corrected chi connectivity index (χ3v) is 9.33. The van der Waals surface area contributed by atoms with Gasteiger partial charge in [0.25, 0.3) is 0 Å². The fourth-order valence-corrected chi connectivity index (χ4v) is 7.43. The molecule has 2 unspecified atom stereocenters. The Balaban J connectivity index is 1.11. The quantitative estimate of drug-likeness (QED) is 0.225. The molecule has 0 amide bonds. The number of halogens is 4. The Morgan fingerprint density at radius 3 is 2.54 bits per heavy atom. The zero-order valence-corrected chi connectivity index (χ0v) is 22.5. The predicted molar refractivity (Wildman–Crippen MR) is 143 cm³/mol. The Morgan fingerprint density at radius 1 is 1.12 bits per heavy atom. The van der Waals surface area contributed by atoms with Crippen LogP contribution in [0.1, 0.15) is 71.7 Å². The molecule has 2 aromatic heterocycles. The van der Waals surface area contributed by atoms with Crippen molar-refractivity contribution in [1.29, 1.82) is 0 Å². The van der Waals surface area contributed by atoms with Crippen LogP contribution in [0.15, 0.2) is 40.9 Å². The van der Waals surface area contributed by atoms with Crippen LogP contribution in [0.25, 0.3) is 21.5 Å². The zero-order chi connectivity index (χ0) is 28.5. The van der Waals surface area contributed by atoms with Gasteiger partial charge in [-0.3, -0.25) is 0 Å². The first-order valence-corrected chi connectivity index (χ1v) is 14.4. The van der Waals surface area contributed by atoms with Crippen molar-refractivity contribution in [3.8, 4) is 11.3 Å². The van der Waals surface area contributed by atoms with Gasteiger partial charge in [0.05, 0.1) is 28.5 Å². The Kier molecular flexibility index (Phi) is 6.31. The number of hydrogen-bond donors (Lipinski definition) is 1. The first kappa shape index (κ1) is 26.4. The average molecular weight is 588 g/mol. The zero-order valence-electron chi connectivity index (χ0n) is 21.7. The van der Waals surface area contributed by atoms with E-state index in [1.165, 1.54) is 29.5 Å². The smallest absolute Gasteiger partial charge is 0.417 e. The molecule has 1 saturated carbocycles. The van der Waals surface area contributed by atoms with E-state index in [1.54, 1.807) is 6.07 Å². The largest absolute Gasteiger partial charge is 0.478 e. The van der Waals surface area contributed by atoms with Gasteiger partial charge in [-0.2, -0.15) is 13.2 Å². The summed E-state index contributed by atoms with van der Waals surface area (Å²) in [6.07, 6.45) is 0.354. The van der Waals surface area contributed by atoms with E-state index >= 15 is 0 Å². The molecule has 7 nitrogen and oxygen atoms in total. The summed E-state index contributed by atoms with van der Waals surface area (Å²) >= 11 is 1.28. The highest BCUT2D eigenvalue weighted by molar-refractivity contribution is 7.22. The van der Waals surface area contributed by atoms with Crippen molar-refractivity contribution in [2.75, 3.05) is 4.90 Å². The highest BCUT2D eigenvalue weighted by atomic mass is 32.1. The highest BCUT2D eigenvalue weighted by Gasteiger charge is 2.43. The summed E-state index contributed by atoms with van der Waals surface area (Å²) < 4.78 is 68.4. The molecule has 41 heavy (non-hydrogen) atoms. The van der Waals surface area contributed by atoms with E-state index in [2.05, 4.69) is 15.0 Å². The number of alkyl halides is 3. The lowest BCUT2D eigenvalue weighted by molar-refractivity contribution is -0.137. The number of rotatable bonds is 7. The lowest BCUT2D eigenvalue weighted by atomic mass is 9.98. The van der Waals surface area contributed by atoms with Gasteiger partial charge in [-0.05, 0) is 56.7 Å². The summed E-state index contributed by atoms with van der Waals surface area (Å²) in [5, 5.41) is 14.0. The van der Waals surface area contributed by atoms with Gasteiger partial charge in [0.2, 0.25) is 0 Å². The van der Waals surface area contributed by atoms with Crippen molar-refractivity contribution in [2.45, 2.75) is 75.4 Å². The maximum Gasteiger partial charge on any atom is 0.417 e. The van der Waals surface area contributed by atoms with E-state index in [-0.39, 0.29) is 53.0 Å². The first-order chi connectivity index (χ1) is 19.7. The summed E-state index contributed by atoms with van der Waals surface area (Å²) in [7, 11) is 0. The van der Waals surface area contributed by atoms with Crippen LogP contribution in [-0.2, 0) is 17.5 Å². The monoisotopic (exact) mass is 587 g/mol. The third kappa shape index (κ3) is 4.76. The van der Waals surface area contributed by atoms with E-state index in [1.807, 2.05) is 0 Å². The van der Waals surface area contributed by atoms with Crippen LogP contribution in [0.3, 0.4) is 0 Å². The number of fused-ring (bicyclic) bond motifs is 3. The van der Waals surface area contributed by atoms with E-state index in [9.17, 15) is 27.5 Å². The van der Waals surface area contributed by atoms with Gasteiger partial charge in [-0.15, -0.1) is 0 Å². The first-order valence-electron chi connectivity index (χ1n) is 13.6. The molecule has 2 bridgehead atoms. The molecule has 0 radical (unpaired) electrons. The standard InChI is InChI=1S/C29H25F4N3O4S/c30-22-9-15(27(37)38)10-23-25(22)34-28(41-23)36-16-7-8-17(36)12-18(11-16)39-13-20-24(35-40-26(20)14-5-6-14)19-3-1-2-4-21(19)29(31,32)33/h1-4,9-10,14,16-18H,5-8,11-13H2,(H,37,38)/t16-,17?,18?/m0/s1. The van der Waals surface area contributed by atoms with Crippen molar-refractivity contribution >= 4 is 32.7 Å². The molecule has 4 heterocycles. The molecule has 1 aliphatic carbocycles. The van der Waals surface area contributed by atoms with Crippen molar-refractivity contribution in [3.63, 3.8) is 0 Å². The fraction of sp³-hybridized carbons (Fsp3) is 0.414. The number of carboxylic acids is 1. The fourth-order valence-electron chi connectivity index (χ4n) is 6.26. The molecule has 1 N–H and O–H groups in total. The van der Waals surface area contributed by atoms with Crippen LogP contribution in [0.5, 0.6) is 0 Å². The molecule has 214 valence electrons. The number of anilines is 1. The second-order valence-corrected chi connectivity index (χ2v) is 12.0. The summed E-state index contributed by atoms with van der Waals surface area (Å²) in [5.41, 5.74) is 0.0351. The Hall–Kier alpha value is -3.51. The average Bonchev–Trinajstić information content (AvgIpc) is 3.44. The van der Waals surface area contributed by atoms with Gasteiger partial charge < -0.3 is 19.3 Å². The molecular formula is C29H25F4N3O4S. The number of thiazole rings is 1. The van der Waals surface area contributed by atoms with Crippen LogP contribution in [-0.4, -0.2) is 39.4 Å². The van der Waals surface area contributed by atoms with Crippen LogP contribution in [0, 0.1) is 5.82 Å². The lowest BCUT2D eigenvalue weighted by Gasteiger charge is -2.38. The van der Waals surface area contributed by atoms with Crippen molar-refractivity contribution in [2.24, 2.45) is 0 Å². The molecule has 3 aliphatic rings. The number of aromatic carboxylic acids is 1. The second kappa shape index (κ2) is 9.80. The highest BCUT2D eigenvalue weighted by Crippen LogP contribution is 2.47. The van der Waals surface area contributed by atoms with Gasteiger partial charge in [0, 0.05) is 29.1 Å². The van der Waals surface area contributed by atoms with Crippen molar-refractivity contribution < 1.29 is 36.7 Å². The normalized spacial score (nSPS) is 22.5. The van der Waals surface area contributed by atoms with E-state index in [0.29, 0.717) is 34.0 Å². The molecule has 2 aliphatic heterocycles. The van der Waals surface area contributed by atoms with Crippen LogP contribution >= 0.6 is 11.3 Å². The number of carbonyl (C=O) groups is 1. The maximum absolute atomic E-state index is 14.6. The number of carboxylic acid groups (broad SMARTS) is 1. The predicted octanol–water partition coefficient (Wildman–Crippen LogP) is 7.40.